The molecule has 2 N–H and O–H groups in total. The zero-order valence-electron chi connectivity index (χ0n) is 14.9. The van der Waals surface area contributed by atoms with Gasteiger partial charge in [-0.15, -0.1) is 11.3 Å². The van der Waals surface area contributed by atoms with Gasteiger partial charge in [-0.1, -0.05) is 54.6 Å². The van der Waals surface area contributed by atoms with Crippen molar-refractivity contribution in [3.05, 3.63) is 94.3 Å². The number of aromatic amines is 1. The number of ether oxygens (including phenoxy) is 1. The lowest BCUT2D eigenvalue weighted by Gasteiger charge is -2.18. The minimum absolute atomic E-state index is 0.277. The summed E-state index contributed by atoms with van der Waals surface area (Å²) in [5.41, 5.74) is 2.15. The van der Waals surface area contributed by atoms with E-state index < -0.39 is 5.97 Å². The maximum Gasteiger partial charge on any atom is 0.355 e. The van der Waals surface area contributed by atoms with Crippen molar-refractivity contribution in [2.75, 3.05) is 6.61 Å². The summed E-state index contributed by atoms with van der Waals surface area (Å²) < 4.78 is 5.19. The zero-order chi connectivity index (χ0) is 19.3. The fraction of sp³-hybridized carbons (Fsp3) is 0.0909. The number of amides is 1. The number of aromatic nitrogens is 1. The van der Waals surface area contributed by atoms with Gasteiger partial charge >= 0.3 is 5.97 Å². The van der Waals surface area contributed by atoms with E-state index in [1.54, 1.807) is 17.4 Å². The molecule has 4 rings (SSSR count). The number of thiophene rings is 1. The highest BCUT2D eigenvalue weighted by molar-refractivity contribution is 7.10. The second-order valence-corrected chi connectivity index (χ2v) is 7.25. The molecule has 2 aromatic carbocycles. The molecule has 6 heteroatoms. The predicted molar refractivity (Wildman–Crippen MR) is 109 cm³/mol. The maximum absolute atomic E-state index is 12.4. The third-order valence-corrected chi connectivity index (χ3v) is 5.29. The summed E-state index contributed by atoms with van der Waals surface area (Å²) in [6.07, 6.45) is 0. The van der Waals surface area contributed by atoms with Crippen molar-refractivity contribution in [1.29, 1.82) is 0 Å². The zero-order valence-corrected chi connectivity index (χ0v) is 15.7. The average molecular weight is 390 g/mol. The van der Waals surface area contributed by atoms with Gasteiger partial charge in [0.1, 0.15) is 5.69 Å². The first-order valence-electron chi connectivity index (χ1n) is 8.83. The van der Waals surface area contributed by atoms with Crippen molar-refractivity contribution in [1.82, 2.24) is 10.3 Å². The predicted octanol–water partition coefficient (Wildman–Crippen LogP) is 4.29. The molecule has 1 atom stereocenters. The number of hydrogen-bond donors (Lipinski definition) is 2. The number of benzene rings is 2. The number of esters is 1. The molecule has 0 aliphatic rings. The highest BCUT2D eigenvalue weighted by Gasteiger charge is 2.19. The molecule has 0 unspecified atom stereocenters. The molecule has 2 heterocycles. The van der Waals surface area contributed by atoms with Crippen LogP contribution in [-0.2, 0) is 9.53 Å². The van der Waals surface area contributed by atoms with Gasteiger partial charge in [-0.2, -0.15) is 0 Å². The average Bonchev–Trinajstić information content (AvgIpc) is 3.40. The molecule has 28 heavy (non-hydrogen) atoms. The maximum atomic E-state index is 12.4. The van der Waals surface area contributed by atoms with Crippen molar-refractivity contribution < 1.29 is 14.3 Å². The molecule has 4 aromatic rings. The van der Waals surface area contributed by atoms with Gasteiger partial charge in [-0.05, 0) is 29.1 Å². The standard InChI is InChI=1S/C22H18N2O3S/c25-20(14-27-22(26)18-13-16-9-4-5-10-17(16)23-18)24-21(19-11-6-12-28-19)15-7-2-1-3-8-15/h1-13,21,23H,14H2,(H,24,25)/t21-/m0/s1. The first-order chi connectivity index (χ1) is 13.7. The van der Waals surface area contributed by atoms with Gasteiger partial charge in [-0.25, -0.2) is 4.79 Å². The molecule has 0 fully saturated rings. The van der Waals surface area contributed by atoms with Crippen LogP contribution in [0.15, 0.2) is 78.2 Å². The van der Waals surface area contributed by atoms with E-state index in [-0.39, 0.29) is 18.6 Å². The van der Waals surface area contributed by atoms with Crippen LogP contribution in [0.25, 0.3) is 10.9 Å². The Bertz CT molecular complexity index is 1050. The van der Waals surface area contributed by atoms with E-state index in [1.807, 2.05) is 72.1 Å². The molecule has 0 aliphatic heterocycles. The normalized spacial score (nSPS) is 11.9. The molecule has 0 spiro atoms. The van der Waals surface area contributed by atoms with E-state index in [9.17, 15) is 9.59 Å². The van der Waals surface area contributed by atoms with Crippen molar-refractivity contribution in [2.45, 2.75) is 6.04 Å². The smallest absolute Gasteiger partial charge is 0.355 e. The van der Waals surface area contributed by atoms with Crippen LogP contribution in [0.5, 0.6) is 0 Å². The molecule has 5 nitrogen and oxygen atoms in total. The summed E-state index contributed by atoms with van der Waals surface area (Å²) in [5, 5.41) is 5.84. The highest BCUT2D eigenvalue weighted by Crippen LogP contribution is 2.25. The number of H-pyrrole nitrogens is 1. The molecule has 140 valence electrons. The molecule has 0 aliphatic carbocycles. The van der Waals surface area contributed by atoms with E-state index in [1.165, 1.54) is 0 Å². The molecule has 0 bridgehead atoms. The minimum Gasteiger partial charge on any atom is -0.451 e. The van der Waals surface area contributed by atoms with E-state index >= 15 is 0 Å². The lowest BCUT2D eigenvalue weighted by atomic mass is 10.1. The molecular formula is C22H18N2O3S. The van der Waals surface area contributed by atoms with Crippen LogP contribution in [0.3, 0.4) is 0 Å². The number of fused-ring (bicyclic) bond motifs is 1. The van der Waals surface area contributed by atoms with Crippen molar-refractivity contribution >= 4 is 34.1 Å². The van der Waals surface area contributed by atoms with Crippen LogP contribution in [0.4, 0.5) is 0 Å². The Hall–Kier alpha value is -3.38. The molecule has 2 aromatic heterocycles. The number of hydrogen-bond acceptors (Lipinski definition) is 4. The van der Waals surface area contributed by atoms with Crippen LogP contribution in [0, 0.1) is 0 Å². The Kier molecular flexibility index (Phi) is 5.21. The Morgan fingerprint density at radius 2 is 1.79 bits per heavy atom. The fourth-order valence-electron chi connectivity index (χ4n) is 3.01. The minimum atomic E-state index is -0.557. The first kappa shape index (κ1) is 18.0. The Labute approximate surface area is 166 Å². The van der Waals surface area contributed by atoms with Crippen LogP contribution in [-0.4, -0.2) is 23.5 Å². The number of rotatable bonds is 6. The van der Waals surface area contributed by atoms with Gasteiger partial charge in [0.2, 0.25) is 0 Å². The number of nitrogens with one attached hydrogen (secondary N) is 2. The van der Waals surface area contributed by atoms with Gasteiger partial charge < -0.3 is 15.0 Å². The summed E-state index contributed by atoms with van der Waals surface area (Å²) in [5.74, 6) is -0.912. The third-order valence-electron chi connectivity index (χ3n) is 4.35. The summed E-state index contributed by atoms with van der Waals surface area (Å²) in [4.78, 5) is 28.7. The monoisotopic (exact) mass is 390 g/mol. The number of para-hydroxylation sites is 1. The van der Waals surface area contributed by atoms with Gasteiger partial charge in [0, 0.05) is 15.8 Å². The van der Waals surface area contributed by atoms with Crippen LogP contribution < -0.4 is 5.32 Å². The van der Waals surface area contributed by atoms with E-state index in [0.717, 1.165) is 21.3 Å². The van der Waals surface area contributed by atoms with Crippen LogP contribution in [0.1, 0.15) is 27.0 Å². The van der Waals surface area contributed by atoms with Crippen LogP contribution in [0.2, 0.25) is 0 Å². The summed E-state index contributed by atoms with van der Waals surface area (Å²) in [6, 6.07) is 22.6. The largest absolute Gasteiger partial charge is 0.451 e. The summed E-state index contributed by atoms with van der Waals surface area (Å²) >= 11 is 1.56. The molecule has 0 saturated heterocycles. The van der Waals surface area contributed by atoms with Crippen LogP contribution >= 0.6 is 11.3 Å². The highest BCUT2D eigenvalue weighted by atomic mass is 32.1. The van der Waals surface area contributed by atoms with Crippen molar-refractivity contribution in [3.8, 4) is 0 Å². The second-order valence-electron chi connectivity index (χ2n) is 6.27. The quantitative estimate of drug-likeness (QED) is 0.483. The van der Waals surface area contributed by atoms with Crippen molar-refractivity contribution in [3.63, 3.8) is 0 Å². The second kappa shape index (κ2) is 8.10. The molecule has 1 amide bonds. The summed E-state index contributed by atoms with van der Waals surface area (Å²) in [7, 11) is 0. The van der Waals surface area contributed by atoms with Gasteiger partial charge in [0.25, 0.3) is 5.91 Å². The lowest BCUT2D eigenvalue weighted by Crippen LogP contribution is -2.32. The van der Waals surface area contributed by atoms with E-state index in [2.05, 4.69) is 10.3 Å². The Morgan fingerprint density at radius 3 is 2.54 bits per heavy atom. The van der Waals surface area contributed by atoms with Gasteiger partial charge in [-0.3, -0.25) is 4.79 Å². The summed E-state index contributed by atoms with van der Waals surface area (Å²) in [6.45, 7) is -0.344. The first-order valence-corrected chi connectivity index (χ1v) is 9.71. The third kappa shape index (κ3) is 3.97. The Morgan fingerprint density at radius 1 is 1.00 bits per heavy atom. The van der Waals surface area contributed by atoms with E-state index in [0.29, 0.717) is 5.69 Å². The Balaban J connectivity index is 1.41. The molecular weight excluding hydrogens is 372 g/mol. The van der Waals surface area contributed by atoms with Gasteiger partial charge in [0.05, 0.1) is 6.04 Å². The molecule has 0 radical (unpaired) electrons. The van der Waals surface area contributed by atoms with Crippen molar-refractivity contribution in [2.24, 2.45) is 0 Å². The fourth-order valence-corrected chi connectivity index (χ4v) is 3.82. The number of carbonyl (C=O) groups is 2. The van der Waals surface area contributed by atoms with Gasteiger partial charge in [0.15, 0.2) is 6.61 Å². The SMILES string of the molecule is O=C(COC(=O)c1cc2ccccc2[nH]1)N[C@@H](c1ccccc1)c1cccs1. The molecule has 0 saturated carbocycles. The lowest BCUT2D eigenvalue weighted by molar-refractivity contribution is -0.124. The number of carbonyl (C=O) groups excluding carboxylic acids is 2. The van der Waals surface area contributed by atoms with E-state index in [4.69, 9.17) is 4.74 Å². The topological polar surface area (TPSA) is 71.2 Å².